The molecule has 3 aromatic rings. The number of aryl methyl sites for hydroxylation is 2. The van der Waals surface area contributed by atoms with Gasteiger partial charge < -0.3 is 4.74 Å². The van der Waals surface area contributed by atoms with E-state index in [0.29, 0.717) is 6.54 Å². The Labute approximate surface area is 197 Å². The van der Waals surface area contributed by atoms with Crippen LogP contribution in [-0.4, -0.2) is 71.2 Å². The molecule has 1 fully saturated rings. The molecule has 1 aliphatic heterocycles. The Morgan fingerprint density at radius 1 is 1.26 bits per heavy atom. The molecule has 1 aliphatic rings. The molecule has 0 aliphatic carbocycles. The van der Waals surface area contributed by atoms with Gasteiger partial charge >= 0.3 is 0 Å². The van der Waals surface area contributed by atoms with Gasteiger partial charge in [0.1, 0.15) is 6.54 Å². The molecule has 1 amide bonds. The van der Waals surface area contributed by atoms with E-state index in [1.54, 1.807) is 27.8 Å². The quantitative estimate of drug-likeness (QED) is 0.480. The van der Waals surface area contributed by atoms with Crippen LogP contribution in [0.15, 0.2) is 29.2 Å². The number of carbonyl (C=O) groups excluding carboxylic acids is 1. The highest BCUT2D eigenvalue weighted by Gasteiger charge is 2.22. The van der Waals surface area contributed by atoms with E-state index in [1.165, 1.54) is 4.90 Å². The van der Waals surface area contributed by atoms with E-state index < -0.39 is 0 Å². The van der Waals surface area contributed by atoms with Gasteiger partial charge in [0.15, 0.2) is 5.13 Å². The minimum atomic E-state index is 0. The molecule has 10 heteroatoms. The number of nitrogens with zero attached hydrogens (tertiary/aromatic N) is 5. The fourth-order valence-electron chi connectivity index (χ4n) is 3.58. The van der Waals surface area contributed by atoms with Crippen molar-refractivity contribution in [2.75, 3.05) is 50.5 Å². The van der Waals surface area contributed by atoms with Crippen molar-refractivity contribution in [3.63, 3.8) is 0 Å². The normalized spacial score (nSPS) is 14.5. The van der Waals surface area contributed by atoms with Crippen LogP contribution in [0.4, 0.5) is 5.13 Å². The number of carbonyl (C=O) groups is 1. The molecule has 7 nitrogen and oxygen atoms in total. The molecule has 2 aromatic heterocycles. The molecule has 3 heterocycles. The third-order valence-corrected chi connectivity index (χ3v) is 7.01. The van der Waals surface area contributed by atoms with Crippen molar-refractivity contribution in [2.45, 2.75) is 25.3 Å². The molecular formula is C21H28ClN5O2S2. The average Bonchev–Trinajstić information content (AvgIpc) is 3.30. The molecule has 168 valence electrons. The summed E-state index contributed by atoms with van der Waals surface area (Å²) < 4.78 is 8.33. The number of anilines is 1. The number of morpholine rings is 1. The summed E-state index contributed by atoms with van der Waals surface area (Å²) in [5, 5.41) is 5.22. The Morgan fingerprint density at radius 2 is 2.03 bits per heavy atom. The summed E-state index contributed by atoms with van der Waals surface area (Å²) in [6.07, 6.45) is 2.07. The fraction of sp³-hybridized carbons (Fsp3) is 0.476. The maximum Gasteiger partial charge on any atom is 0.250 e. The number of hydrogen-bond acceptors (Lipinski definition) is 7. The molecule has 0 spiro atoms. The van der Waals surface area contributed by atoms with Crippen LogP contribution in [-0.2, 0) is 16.1 Å². The topological polar surface area (TPSA) is 63.5 Å². The molecule has 0 bridgehead atoms. The minimum Gasteiger partial charge on any atom is -0.379 e. The number of fused-ring (bicyclic) bond motifs is 1. The lowest BCUT2D eigenvalue weighted by molar-refractivity contribution is -0.119. The summed E-state index contributed by atoms with van der Waals surface area (Å²) in [6, 6.07) is 8.25. The van der Waals surface area contributed by atoms with E-state index in [1.807, 2.05) is 30.9 Å². The molecular weight excluding hydrogens is 454 g/mol. The summed E-state index contributed by atoms with van der Waals surface area (Å²) >= 11 is 3.29. The van der Waals surface area contributed by atoms with Gasteiger partial charge in [-0.05, 0) is 44.4 Å². The van der Waals surface area contributed by atoms with Gasteiger partial charge in [0.25, 0.3) is 5.91 Å². The number of amides is 1. The van der Waals surface area contributed by atoms with Crippen LogP contribution >= 0.6 is 35.5 Å². The van der Waals surface area contributed by atoms with Gasteiger partial charge in [-0.15, -0.1) is 24.2 Å². The second-order valence-electron chi connectivity index (χ2n) is 7.41. The highest BCUT2D eigenvalue weighted by molar-refractivity contribution is 7.98. The third kappa shape index (κ3) is 5.78. The van der Waals surface area contributed by atoms with Crippen molar-refractivity contribution in [3.05, 3.63) is 35.7 Å². The van der Waals surface area contributed by atoms with Crippen molar-refractivity contribution in [3.8, 4) is 0 Å². The number of hydrogen-bond donors (Lipinski definition) is 0. The third-order valence-electron chi connectivity index (χ3n) is 5.25. The maximum atomic E-state index is 13.3. The van der Waals surface area contributed by atoms with E-state index in [0.717, 1.165) is 59.6 Å². The number of aromatic nitrogens is 3. The van der Waals surface area contributed by atoms with Crippen LogP contribution in [0.3, 0.4) is 0 Å². The van der Waals surface area contributed by atoms with Gasteiger partial charge in [0.2, 0.25) is 0 Å². The SMILES string of the molecule is CSc1ccc2nc(N(CCN3CCOCC3)C(=O)Cn3nc(C)cc3C)sc2c1.Cl. The molecule has 4 rings (SSSR count). The van der Waals surface area contributed by atoms with Crippen LogP contribution in [0, 0.1) is 13.8 Å². The monoisotopic (exact) mass is 481 g/mol. The summed E-state index contributed by atoms with van der Waals surface area (Å²) in [6.45, 7) is 8.85. The van der Waals surface area contributed by atoms with Gasteiger partial charge in [-0.25, -0.2) is 4.98 Å². The Balaban J connectivity index is 0.00000272. The van der Waals surface area contributed by atoms with E-state index in [9.17, 15) is 4.79 Å². The zero-order valence-electron chi connectivity index (χ0n) is 18.0. The number of thioether (sulfide) groups is 1. The van der Waals surface area contributed by atoms with Gasteiger partial charge in [0.05, 0.1) is 29.1 Å². The van der Waals surface area contributed by atoms with Crippen molar-refractivity contribution in [1.29, 1.82) is 0 Å². The average molecular weight is 482 g/mol. The maximum absolute atomic E-state index is 13.3. The lowest BCUT2D eigenvalue weighted by Gasteiger charge is -2.29. The van der Waals surface area contributed by atoms with Crippen molar-refractivity contribution < 1.29 is 9.53 Å². The number of thiazole rings is 1. The van der Waals surface area contributed by atoms with Gasteiger partial charge in [-0.1, -0.05) is 11.3 Å². The number of halogens is 1. The van der Waals surface area contributed by atoms with E-state index >= 15 is 0 Å². The molecule has 0 atom stereocenters. The van der Waals surface area contributed by atoms with Crippen molar-refractivity contribution in [1.82, 2.24) is 19.7 Å². The number of ether oxygens (including phenoxy) is 1. The van der Waals surface area contributed by atoms with E-state index in [-0.39, 0.29) is 24.9 Å². The smallest absolute Gasteiger partial charge is 0.250 e. The van der Waals surface area contributed by atoms with Gasteiger partial charge in [-0.2, -0.15) is 5.10 Å². The highest BCUT2D eigenvalue weighted by atomic mass is 35.5. The molecule has 1 aromatic carbocycles. The van der Waals surface area contributed by atoms with Crippen LogP contribution in [0.5, 0.6) is 0 Å². The first-order valence-corrected chi connectivity index (χ1v) is 12.1. The molecule has 1 saturated heterocycles. The first-order chi connectivity index (χ1) is 14.5. The standard InChI is InChI=1S/C21H27N5O2S2.ClH/c1-15-12-16(2)26(23-15)14-20(27)25(7-6-24-8-10-28-11-9-24)21-22-18-5-4-17(29-3)13-19(18)30-21;/h4-5,12-13H,6-11,14H2,1-3H3;1H. The molecule has 0 saturated carbocycles. The Kier molecular flexibility index (Phi) is 8.35. The lowest BCUT2D eigenvalue weighted by Crippen LogP contribution is -2.44. The predicted molar refractivity (Wildman–Crippen MR) is 130 cm³/mol. The van der Waals surface area contributed by atoms with Crippen molar-refractivity contribution in [2.24, 2.45) is 0 Å². The minimum absolute atomic E-state index is 0. The molecule has 31 heavy (non-hydrogen) atoms. The van der Waals surface area contributed by atoms with Crippen LogP contribution in [0.25, 0.3) is 10.2 Å². The van der Waals surface area contributed by atoms with Gasteiger partial charge in [-0.3, -0.25) is 19.3 Å². The Morgan fingerprint density at radius 3 is 2.71 bits per heavy atom. The summed E-state index contributed by atoms with van der Waals surface area (Å²) in [5.41, 5.74) is 2.84. The molecule has 0 radical (unpaired) electrons. The predicted octanol–water partition coefficient (Wildman–Crippen LogP) is 3.62. The molecule has 0 N–H and O–H groups in total. The summed E-state index contributed by atoms with van der Waals surface area (Å²) in [7, 11) is 0. The second-order valence-corrected chi connectivity index (χ2v) is 9.30. The lowest BCUT2D eigenvalue weighted by atomic mass is 10.3. The largest absolute Gasteiger partial charge is 0.379 e. The molecule has 0 unspecified atom stereocenters. The van der Waals surface area contributed by atoms with Crippen LogP contribution in [0.1, 0.15) is 11.4 Å². The van der Waals surface area contributed by atoms with Crippen LogP contribution < -0.4 is 4.90 Å². The zero-order chi connectivity index (χ0) is 21.1. The first-order valence-electron chi connectivity index (χ1n) is 10.1. The summed E-state index contributed by atoms with van der Waals surface area (Å²) in [5.74, 6) is 0.0126. The van der Waals surface area contributed by atoms with E-state index in [2.05, 4.69) is 28.4 Å². The van der Waals surface area contributed by atoms with Crippen molar-refractivity contribution >= 4 is 56.8 Å². The Bertz CT molecular complexity index is 1030. The summed E-state index contributed by atoms with van der Waals surface area (Å²) in [4.78, 5) is 23.5. The second kappa shape index (κ2) is 10.8. The van der Waals surface area contributed by atoms with Gasteiger partial charge in [0, 0.05) is 36.8 Å². The Hall–Kier alpha value is -1.65. The first kappa shape index (κ1) is 24.0. The van der Waals surface area contributed by atoms with E-state index in [4.69, 9.17) is 9.72 Å². The number of rotatable bonds is 7. The number of benzene rings is 1. The highest BCUT2D eigenvalue weighted by Crippen LogP contribution is 2.31. The van der Waals surface area contributed by atoms with Crippen LogP contribution in [0.2, 0.25) is 0 Å². The zero-order valence-corrected chi connectivity index (χ0v) is 20.5. The fourth-order valence-corrected chi connectivity index (χ4v) is 5.14.